The maximum absolute atomic E-state index is 14.0. The van der Waals surface area contributed by atoms with Crippen molar-refractivity contribution >= 4 is 100 Å². The van der Waals surface area contributed by atoms with Crippen molar-refractivity contribution in [2.45, 2.75) is 194 Å². The Morgan fingerprint density at radius 1 is 0.504 bits per heavy atom. The number of β-lactam (4-membered cyclic amide) rings is 3. The molecule has 4 aromatic heterocycles. The fourth-order valence-corrected chi connectivity index (χ4v) is 16.7. The third-order valence-corrected chi connectivity index (χ3v) is 23.8. The van der Waals surface area contributed by atoms with Crippen molar-refractivity contribution < 1.29 is 141 Å². The molecule has 5 N–H and O–H groups in total. The van der Waals surface area contributed by atoms with Crippen molar-refractivity contribution in [2.75, 3.05) is 11.9 Å². The molecule has 4 saturated heterocycles. The second-order valence-corrected chi connectivity index (χ2v) is 34.8. The van der Waals surface area contributed by atoms with Crippen molar-refractivity contribution in [1.29, 1.82) is 0 Å². The number of esters is 2. The van der Waals surface area contributed by atoms with E-state index in [4.69, 9.17) is 40.0 Å². The van der Waals surface area contributed by atoms with Gasteiger partial charge < -0.3 is 73.5 Å². The first-order valence-corrected chi connectivity index (χ1v) is 43.7. The number of carboxylic acid groups (broad SMARTS) is 2. The third-order valence-electron chi connectivity index (χ3n) is 22.7. The van der Waals surface area contributed by atoms with E-state index >= 15 is 0 Å². The van der Waals surface area contributed by atoms with Crippen LogP contribution in [0.1, 0.15) is 157 Å². The molecule has 0 aliphatic carbocycles. The zero-order valence-corrected chi connectivity index (χ0v) is 75.7. The van der Waals surface area contributed by atoms with E-state index in [-0.39, 0.29) is 108 Å². The van der Waals surface area contributed by atoms with Gasteiger partial charge in [0.25, 0.3) is 0 Å². The number of hydrogen-bond acceptors (Lipinski definition) is 27. The number of urea groups is 2. The van der Waals surface area contributed by atoms with Crippen LogP contribution in [0.2, 0.25) is 5.15 Å². The number of carbonyl (C=O) groups is 12. The molecule has 10 amide bonds. The lowest BCUT2D eigenvalue weighted by atomic mass is 9.81. The van der Waals surface area contributed by atoms with E-state index in [1.54, 1.807) is 159 Å². The Morgan fingerprint density at radius 2 is 0.963 bits per heavy atom. The number of ether oxygens (including phenoxy) is 10. The lowest BCUT2D eigenvalue weighted by molar-refractivity contribution is -0.287. The molecule has 135 heavy (non-hydrogen) atoms. The molecule has 0 saturated carbocycles. The number of rotatable bonds is 26. The number of halogens is 7. The summed E-state index contributed by atoms with van der Waals surface area (Å²) in [6.45, 7) is 21.5. The SMILES string of the molecule is C=C1C(Cc2ccccn2)[C@@H](C(=O)O)N1C(=O)N[C@H](C)c1ccc2c(c1)OC(F)(F)O2.CC(C)OC(=O)[C@@H]1[C@@H](Cc2ccc(Cl)nc2)C(=O)N1C(=O)C[C@H](C)c1ccc2c(c1)OC(C)(F)O2.CCOC(=O)[C@@H]1[C@@H](Cc2ccnc(NC(=O)C(C)C)c2)C(=O)N1C(=O)N[C@H](C)c1ccc2c(c1)OC(F)(F)O2.C[C@@H](CC(=O)N1C(=O)[C@H](Cc2cncs2)[C@H]1C(=O)O)c1ccc2c(c1)OC(C)(F)O2. The number of carboxylic acids is 2. The highest BCUT2D eigenvalue weighted by Crippen LogP contribution is 2.48. The first kappa shape index (κ1) is 98.3. The average molecular weight is 1920 g/mol. The molecule has 12 heterocycles. The van der Waals surface area contributed by atoms with Crippen molar-refractivity contribution in [3.63, 3.8) is 0 Å². The Kier molecular flexibility index (Phi) is 29.1. The van der Waals surface area contributed by atoms with Gasteiger partial charge in [-0.15, -0.1) is 28.9 Å². The van der Waals surface area contributed by atoms with Crippen molar-refractivity contribution in [1.82, 2.24) is 50.2 Å². The summed E-state index contributed by atoms with van der Waals surface area (Å²) >= 11 is 7.17. The molecule has 0 bridgehead atoms. The molecule has 8 aliphatic rings. The first-order valence-electron chi connectivity index (χ1n) is 42.5. The molecule has 4 fully saturated rings. The van der Waals surface area contributed by atoms with Gasteiger partial charge in [0, 0.05) is 86.0 Å². The first-order chi connectivity index (χ1) is 63.7. The number of fused-ring (bicyclic) bond motifs is 4. The van der Waals surface area contributed by atoms with Gasteiger partial charge in [-0.25, -0.2) is 43.6 Å². The topological polar surface area (TPSA) is 438 Å². The zero-order valence-electron chi connectivity index (χ0n) is 74.1. The second kappa shape index (κ2) is 39.9. The van der Waals surface area contributed by atoms with Crippen LogP contribution in [0.15, 0.2) is 158 Å². The van der Waals surface area contributed by atoms with Crippen molar-refractivity contribution in [2.24, 2.45) is 29.6 Å². The number of aliphatic carboxylic acids is 2. The van der Waals surface area contributed by atoms with Gasteiger partial charge in [0.15, 0.2) is 52.0 Å². The molecule has 8 aliphatic heterocycles. The van der Waals surface area contributed by atoms with E-state index in [0.29, 0.717) is 56.6 Å². The van der Waals surface area contributed by atoms with Gasteiger partial charge in [-0.3, -0.25) is 53.4 Å². The Labute approximate surface area is 776 Å². The molecule has 0 radical (unpaired) electrons. The molecule has 16 rings (SSSR count). The quantitative estimate of drug-likeness (QED) is 0.0145. The number of pyridine rings is 3. The summed E-state index contributed by atoms with van der Waals surface area (Å²) in [4.78, 5) is 172. The van der Waals surface area contributed by atoms with Gasteiger partial charge in [0.05, 0.1) is 48.1 Å². The van der Waals surface area contributed by atoms with Crippen LogP contribution < -0.4 is 53.8 Å². The lowest BCUT2D eigenvalue weighted by Crippen LogP contribution is -2.69. The fraction of sp³-hybridized carbons (Fsp3) is 0.391. The highest BCUT2D eigenvalue weighted by molar-refractivity contribution is 7.09. The Balaban J connectivity index is 0.000000153. The number of amides is 10. The average Bonchev–Trinajstić information content (AvgIpc) is 1.63. The minimum absolute atomic E-state index is 0.0427. The minimum atomic E-state index is -3.78. The zero-order chi connectivity index (χ0) is 97.9. The number of aromatic nitrogens is 4. The molecule has 714 valence electrons. The van der Waals surface area contributed by atoms with Crippen LogP contribution in [0.25, 0.3) is 0 Å². The lowest BCUT2D eigenvalue weighted by Gasteiger charge is -2.47. The summed E-state index contributed by atoms with van der Waals surface area (Å²) in [5.41, 5.74) is 6.30. The molecular weight excluding hydrogens is 1820 g/mol. The summed E-state index contributed by atoms with van der Waals surface area (Å²) in [6.07, 6.45) is -0.918. The number of likely N-dealkylation sites (tertiary alicyclic amines) is 4. The summed E-state index contributed by atoms with van der Waals surface area (Å²) in [5, 5.41) is 27.5. The van der Waals surface area contributed by atoms with E-state index in [1.807, 2.05) is 0 Å². The predicted octanol–water partition coefficient (Wildman–Crippen LogP) is 13.6. The third kappa shape index (κ3) is 22.5. The number of carbonyl (C=O) groups excluding carboxylic acids is 10. The smallest absolute Gasteiger partial charge is 0.480 e. The van der Waals surface area contributed by atoms with Gasteiger partial charge in [-0.1, -0.05) is 82.3 Å². The monoisotopic (exact) mass is 1920 g/mol. The predicted molar refractivity (Wildman–Crippen MR) is 462 cm³/mol. The molecule has 14 atom stereocenters. The summed E-state index contributed by atoms with van der Waals surface area (Å²) in [7, 11) is 0. The molecule has 3 unspecified atom stereocenters. The van der Waals surface area contributed by atoms with E-state index in [0.717, 1.165) is 43.9 Å². The number of hydrogen-bond donors (Lipinski definition) is 5. The van der Waals surface area contributed by atoms with Crippen LogP contribution >= 0.6 is 22.9 Å². The number of anilines is 1. The standard InChI is InChI=1S/C26H28F2N4O7.C25H26ClFN2O6.C21H19F2N3O5.C20H19FN2O6S/c1-5-37-24(35)21-17(10-15-8-9-29-20(11-15)31-22(33)13(2)3)23(34)32(21)25(36)30-14(4)16-6-7-18-19(12-16)39-26(27,28)38-18;1-13(2)33-24(32)22-17(10-15-5-8-20(26)28-12-15)23(31)29(22)21(30)9-14(3)16-6-7-18-19(11-16)35-25(4,27)34-18;1-11(13-6-7-16-17(9-13)31-21(22,23)30-16)25-20(29)26-12(2)15(18(26)19(27)28)10-14-5-3-4-8-24-14;1-10(11-3-4-14-15(6-11)29-20(2,21)28-14)5-16(24)23-17(19(26)27)13(18(23)25)7-12-8-22-9-30-12/h6-9,11-14,17,21H,5,10H2,1-4H3,(H,30,36)(H,29,31,33);5-8,11-14,17,22H,9-10H2,1-4H3;3-9,11,15,18H,2,10H2,1H3,(H,25,29)(H,27,28);3-4,6,8-10,13,17H,5,7H2,1-2H3,(H,26,27)/t14-,17-,21+;14-,17+,22-,25?;11-,15?,18+;10-,13+,17-,20?/m1010/s1. The van der Waals surface area contributed by atoms with Crippen LogP contribution in [0.3, 0.4) is 0 Å². The van der Waals surface area contributed by atoms with Gasteiger partial charge in [-0.05, 0) is 178 Å². The van der Waals surface area contributed by atoms with E-state index < -0.39 is 156 Å². The number of nitrogens with one attached hydrogen (secondary N) is 3. The molecule has 0 spiro atoms. The van der Waals surface area contributed by atoms with Gasteiger partial charge >= 0.3 is 60.6 Å². The van der Waals surface area contributed by atoms with E-state index in [9.17, 15) is 94.1 Å². The molecule has 43 heteroatoms. The van der Waals surface area contributed by atoms with Gasteiger partial charge in [0.1, 0.15) is 29.1 Å². The number of alkyl halides is 6. The van der Waals surface area contributed by atoms with E-state index in [2.05, 4.69) is 61.4 Å². The molecule has 4 aromatic carbocycles. The number of imide groups is 3. The summed E-state index contributed by atoms with van der Waals surface area (Å²) in [6, 6.07) is 18.0. The largest absolute Gasteiger partial charge is 0.586 e. The van der Waals surface area contributed by atoms with Gasteiger partial charge in [0.2, 0.25) is 35.4 Å². The Hall–Kier alpha value is -14.2. The highest BCUT2D eigenvalue weighted by atomic mass is 35.5. The number of nitrogens with zero attached hydrogens (tertiary/aromatic N) is 8. The molecular formula is C92H92ClF6N11O24S. The minimum Gasteiger partial charge on any atom is -0.480 e. The van der Waals surface area contributed by atoms with Crippen molar-refractivity contribution in [3.8, 4) is 46.0 Å². The second-order valence-electron chi connectivity index (χ2n) is 33.5. The normalized spacial score (nSPS) is 22.6. The van der Waals surface area contributed by atoms with Crippen LogP contribution in [0.4, 0.5) is 41.7 Å². The van der Waals surface area contributed by atoms with Gasteiger partial charge in [-0.2, -0.15) is 8.78 Å². The number of thiazole rings is 1. The molecule has 8 aromatic rings. The molecule has 35 nitrogen and oxygen atoms in total. The van der Waals surface area contributed by atoms with Crippen LogP contribution in [-0.4, -0.2) is 183 Å². The van der Waals surface area contributed by atoms with Crippen molar-refractivity contribution in [3.05, 3.63) is 207 Å². The Bertz CT molecular complexity index is 5930. The van der Waals surface area contributed by atoms with Crippen LogP contribution in [0.5, 0.6) is 46.0 Å². The summed E-state index contributed by atoms with van der Waals surface area (Å²) in [5.74, 6) is -9.64. The maximum Gasteiger partial charge on any atom is 0.586 e. The summed E-state index contributed by atoms with van der Waals surface area (Å²) < 4.78 is 129. The Morgan fingerprint density at radius 3 is 1.44 bits per heavy atom. The highest BCUT2D eigenvalue weighted by Gasteiger charge is 2.59. The number of benzene rings is 4. The van der Waals surface area contributed by atoms with E-state index in [1.165, 1.54) is 60.1 Å². The van der Waals surface area contributed by atoms with Crippen LogP contribution in [-0.2, 0) is 83.1 Å². The van der Waals surface area contributed by atoms with Crippen LogP contribution in [0, 0.1) is 29.6 Å². The maximum atomic E-state index is 14.0. The fourth-order valence-electron chi connectivity index (χ4n) is 16.0.